The smallest absolute Gasteiger partial charge is 0.160 e. The zero-order valence-electron chi connectivity index (χ0n) is 8.05. The van der Waals surface area contributed by atoms with Crippen LogP contribution in [0.5, 0.6) is 0 Å². The summed E-state index contributed by atoms with van der Waals surface area (Å²) >= 11 is 6.90. The number of halogens is 2. The monoisotopic (exact) mass is 326 g/mol. The third-order valence-electron chi connectivity index (χ3n) is 2.30. The zero-order valence-corrected chi connectivity index (χ0v) is 11.2. The van der Waals surface area contributed by atoms with Crippen LogP contribution in [0.25, 0.3) is 10.8 Å². The minimum absolute atomic E-state index is 0.0729. The molecule has 0 bridgehead atoms. The van der Waals surface area contributed by atoms with Crippen molar-refractivity contribution >= 4 is 48.4 Å². The molecule has 0 saturated heterocycles. The average molecular weight is 328 g/mol. The Labute approximate surface area is 105 Å². The van der Waals surface area contributed by atoms with Crippen LogP contribution in [0.3, 0.4) is 0 Å². The summed E-state index contributed by atoms with van der Waals surface area (Å²) in [5.41, 5.74) is 0.723. The number of rotatable bonds is 1. The molecule has 2 aromatic rings. The molecular formula is C12H8Br2O. The second kappa shape index (κ2) is 4.06. The number of fused-ring (bicyclic) bond motifs is 1. The Balaban J connectivity index is 2.82. The number of carbonyl (C=O) groups is 1. The Morgan fingerprint density at radius 3 is 2.47 bits per heavy atom. The lowest BCUT2D eigenvalue weighted by Gasteiger charge is -2.05. The van der Waals surface area contributed by atoms with Crippen molar-refractivity contribution in [3.05, 3.63) is 44.8 Å². The van der Waals surface area contributed by atoms with Gasteiger partial charge in [-0.25, -0.2) is 0 Å². The van der Waals surface area contributed by atoms with Crippen LogP contribution in [-0.4, -0.2) is 5.78 Å². The van der Waals surface area contributed by atoms with E-state index in [0.717, 1.165) is 25.3 Å². The van der Waals surface area contributed by atoms with Crippen molar-refractivity contribution in [1.82, 2.24) is 0 Å². The van der Waals surface area contributed by atoms with E-state index in [4.69, 9.17) is 0 Å². The normalized spacial score (nSPS) is 10.6. The van der Waals surface area contributed by atoms with Gasteiger partial charge in [0.05, 0.1) is 0 Å². The maximum absolute atomic E-state index is 11.4. The van der Waals surface area contributed by atoms with E-state index in [2.05, 4.69) is 31.9 Å². The molecule has 0 heterocycles. The van der Waals surface area contributed by atoms with Gasteiger partial charge in [0.25, 0.3) is 0 Å². The van der Waals surface area contributed by atoms with Crippen molar-refractivity contribution in [3.8, 4) is 0 Å². The summed E-state index contributed by atoms with van der Waals surface area (Å²) in [6, 6.07) is 9.83. The Morgan fingerprint density at radius 1 is 1.13 bits per heavy atom. The Kier molecular flexibility index (Phi) is 2.94. The van der Waals surface area contributed by atoms with E-state index >= 15 is 0 Å². The largest absolute Gasteiger partial charge is 0.294 e. The molecule has 0 atom stereocenters. The number of carbonyl (C=O) groups excluding carboxylic acids is 1. The lowest BCUT2D eigenvalue weighted by Crippen LogP contribution is -1.93. The van der Waals surface area contributed by atoms with Gasteiger partial charge < -0.3 is 0 Å². The maximum atomic E-state index is 11.4. The van der Waals surface area contributed by atoms with Crippen molar-refractivity contribution in [2.45, 2.75) is 6.92 Å². The highest BCUT2D eigenvalue weighted by Crippen LogP contribution is 2.30. The van der Waals surface area contributed by atoms with Gasteiger partial charge in [0, 0.05) is 14.5 Å². The molecule has 0 saturated carbocycles. The average Bonchev–Trinajstić information content (AvgIpc) is 2.19. The molecule has 3 heteroatoms. The van der Waals surface area contributed by atoms with Gasteiger partial charge in [-0.1, -0.05) is 28.1 Å². The molecule has 0 aliphatic heterocycles. The predicted molar refractivity (Wildman–Crippen MR) is 69.4 cm³/mol. The molecule has 0 radical (unpaired) electrons. The van der Waals surface area contributed by atoms with E-state index in [1.165, 1.54) is 0 Å². The summed E-state index contributed by atoms with van der Waals surface area (Å²) in [6.07, 6.45) is 0. The van der Waals surface area contributed by atoms with Crippen molar-refractivity contribution in [3.63, 3.8) is 0 Å². The van der Waals surface area contributed by atoms with Crippen molar-refractivity contribution in [2.75, 3.05) is 0 Å². The van der Waals surface area contributed by atoms with Crippen LogP contribution in [-0.2, 0) is 0 Å². The molecule has 15 heavy (non-hydrogen) atoms. The Morgan fingerprint density at radius 2 is 1.80 bits per heavy atom. The van der Waals surface area contributed by atoms with Gasteiger partial charge in [0.1, 0.15) is 0 Å². The molecule has 0 fully saturated rings. The summed E-state index contributed by atoms with van der Waals surface area (Å²) in [4.78, 5) is 11.4. The van der Waals surface area contributed by atoms with Gasteiger partial charge in [0.2, 0.25) is 0 Å². The highest BCUT2D eigenvalue weighted by atomic mass is 79.9. The van der Waals surface area contributed by atoms with E-state index in [1.807, 2.05) is 30.3 Å². The van der Waals surface area contributed by atoms with Crippen LogP contribution in [0.15, 0.2) is 39.3 Å². The molecule has 0 aliphatic rings. The van der Waals surface area contributed by atoms with Gasteiger partial charge >= 0.3 is 0 Å². The van der Waals surface area contributed by atoms with Crippen LogP contribution in [0.4, 0.5) is 0 Å². The van der Waals surface area contributed by atoms with E-state index < -0.39 is 0 Å². The minimum Gasteiger partial charge on any atom is -0.294 e. The fourth-order valence-corrected chi connectivity index (χ4v) is 2.64. The van der Waals surface area contributed by atoms with Crippen molar-refractivity contribution < 1.29 is 4.79 Å². The topological polar surface area (TPSA) is 17.1 Å². The number of hydrogen-bond donors (Lipinski definition) is 0. The molecular weight excluding hydrogens is 320 g/mol. The molecule has 2 rings (SSSR count). The molecule has 76 valence electrons. The summed E-state index contributed by atoms with van der Waals surface area (Å²) in [5.74, 6) is 0.0729. The van der Waals surface area contributed by atoms with Crippen LogP contribution in [0, 0.1) is 0 Å². The molecule has 0 unspecified atom stereocenters. The standard InChI is InChI=1S/C12H8Br2O/c1-7(15)10-5-3-8-2-4-9(13)6-11(8)12(10)14/h2-6H,1H3. The van der Waals surface area contributed by atoms with E-state index in [0.29, 0.717) is 0 Å². The SMILES string of the molecule is CC(=O)c1ccc2ccc(Br)cc2c1Br. The summed E-state index contributed by atoms with van der Waals surface area (Å²) in [5, 5.41) is 2.17. The van der Waals surface area contributed by atoms with Gasteiger partial charge in [-0.2, -0.15) is 0 Å². The summed E-state index contributed by atoms with van der Waals surface area (Å²) in [6.45, 7) is 1.57. The lowest BCUT2D eigenvalue weighted by molar-refractivity contribution is 0.101. The first kappa shape index (κ1) is 10.8. The first-order valence-electron chi connectivity index (χ1n) is 4.48. The fraction of sp³-hybridized carbons (Fsp3) is 0.0833. The van der Waals surface area contributed by atoms with E-state index in [-0.39, 0.29) is 5.78 Å². The number of ketones is 1. The first-order chi connectivity index (χ1) is 7.09. The van der Waals surface area contributed by atoms with Gasteiger partial charge in [0.15, 0.2) is 5.78 Å². The lowest BCUT2D eigenvalue weighted by atomic mass is 10.1. The number of benzene rings is 2. The summed E-state index contributed by atoms with van der Waals surface area (Å²) in [7, 11) is 0. The van der Waals surface area contributed by atoms with Crippen LogP contribution in [0.1, 0.15) is 17.3 Å². The van der Waals surface area contributed by atoms with Crippen LogP contribution < -0.4 is 0 Å². The summed E-state index contributed by atoms with van der Waals surface area (Å²) < 4.78 is 1.88. The van der Waals surface area contributed by atoms with E-state index in [1.54, 1.807) is 6.92 Å². The molecule has 0 aromatic heterocycles. The van der Waals surface area contributed by atoms with Gasteiger partial charge in [-0.05, 0) is 51.8 Å². The predicted octanol–water partition coefficient (Wildman–Crippen LogP) is 4.57. The Bertz CT molecular complexity index is 547. The van der Waals surface area contributed by atoms with E-state index in [9.17, 15) is 4.79 Å². The first-order valence-corrected chi connectivity index (χ1v) is 6.07. The fourth-order valence-electron chi connectivity index (χ4n) is 1.53. The third kappa shape index (κ3) is 1.99. The second-order valence-electron chi connectivity index (χ2n) is 3.35. The maximum Gasteiger partial charge on any atom is 0.160 e. The highest BCUT2D eigenvalue weighted by molar-refractivity contribution is 9.11. The molecule has 0 N–H and O–H groups in total. The highest BCUT2D eigenvalue weighted by Gasteiger charge is 2.08. The number of hydrogen-bond acceptors (Lipinski definition) is 1. The number of Topliss-reactive ketones (excluding diaryl/α,β-unsaturated/α-hetero) is 1. The van der Waals surface area contributed by atoms with Crippen molar-refractivity contribution in [2.24, 2.45) is 0 Å². The zero-order chi connectivity index (χ0) is 11.0. The third-order valence-corrected chi connectivity index (χ3v) is 3.64. The van der Waals surface area contributed by atoms with Crippen molar-refractivity contribution in [1.29, 1.82) is 0 Å². The molecule has 1 nitrogen and oxygen atoms in total. The van der Waals surface area contributed by atoms with Crippen LogP contribution in [0.2, 0.25) is 0 Å². The minimum atomic E-state index is 0.0729. The van der Waals surface area contributed by atoms with Crippen LogP contribution >= 0.6 is 31.9 Å². The molecule has 0 amide bonds. The Hall–Kier alpha value is -0.670. The molecule has 0 spiro atoms. The van der Waals surface area contributed by atoms with Gasteiger partial charge in [-0.15, -0.1) is 0 Å². The second-order valence-corrected chi connectivity index (χ2v) is 5.06. The van der Waals surface area contributed by atoms with Gasteiger partial charge in [-0.3, -0.25) is 4.79 Å². The molecule has 0 aliphatic carbocycles. The molecule has 2 aromatic carbocycles. The quantitative estimate of drug-likeness (QED) is 0.701.